The van der Waals surface area contributed by atoms with Crippen LogP contribution in [0.5, 0.6) is 0 Å². The smallest absolute Gasteiger partial charge is 0.310 e. The van der Waals surface area contributed by atoms with Crippen molar-refractivity contribution in [2.75, 3.05) is 4.90 Å². The molecule has 4 rings (SSSR count). The molecule has 0 unspecified atom stereocenters. The highest BCUT2D eigenvalue weighted by atomic mass is 35.5. The zero-order valence-corrected chi connectivity index (χ0v) is 13.5. The van der Waals surface area contributed by atoms with E-state index in [4.69, 9.17) is 16.3 Å². The van der Waals surface area contributed by atoms with Gasteiger partial charge in [-0.05, 0) is 18.6 Å². The molecule has 5 atom stereocenters. The van der Waals surface area contributed by atoms with E-state index < -0.39 is 29.5 Å². The number of nitrogens with zero attached hydrogens (tertiary/aromatic N) is 1. The van der Waals surface area contributed by atoms with Crippen LogP contribution >= 0.6 is 11.6 Å². The topological polar surface area (TPSA) is 66.8 Å². The quantitative estimate of drug-likeness (QED) is 0.852. The van der Waals surface area contributed by atoms with E-state index >= 15 is 0 Å². The summed E-state index contributed by atoms with van der Waals surface area (Å²) in [5, 5.41) is 10.0. The minimum Gasteiger partial charge on any atom is -0.481 e. The van der Waals surface area contributed by atoms with Crippen LogP contribution in [0.4, 0.5) is 5.69 Å². The fraction of sp³-hybridized carbons (Fsp3) is 0.333. The maximum atomic E-state index is 13.2. The number of carbonyl (C=O) groups is 2. The third-order valence-corrected chi connectivity index (χ3v) is 5.53. The van der Waals surface area contributed by atoms with Crippen LogP contribution in [0.3, 0.4) is 0 Å². The Morgan fingerprint density at radius 2 is 2.21 bits per heavy atom. The second-order valence-corrected chi connectivity index (χ2v) is 6.74. The van der Waals surface area contributed by atoms with Crippen LogP contribution in [-0.4, -0.2) is 34.7 Å². The third-order valence-electron chi connectivity index (χ3n) is 5.21. The summed E-state index contributed by atoms with van der Waals surface area (Å²) in [6.45, 7) is 3.78. The minimum atomic E-state index is -1.01. The second-order valence-electron chi connectivity index (χ2n) is 6.34. The molecule has 24 heavy (non-hydrogen) atoms. The van der Waals surface area contributed by atoms with Gasteiger partial charge in [-0.25, -0.2) is 0 Å². The summed E-state index contributed by atoms with van der Waals surface area (Å²) in [7, 11) is 0. The molecule has 5 nitrogen and oxygen atoms in total. The number of para-hydroxylation sites is 1. The van der Waals surface area contributed by atoms with E-state index in [9.17, 15) is 14.7 Å². The molecular formula is C18H16ClNO4. The van der Waals surface area contributed by atoms with Crippen molar-refractivity contribution < 1.29 is 19.4 Å². The Balaban J connectivity index is 1.87. The average molecular weight is 346 g/mol. The lowest BCUT2D eigenvalue weighted by Crippen LogP contribution is -2.45. The summed E-state index contributed by atoms with van der Waals surface area (Å²) in [5.41, 5.74) is -0.359. The van der Waals surface area contributed by atoms with Crippen molar-refractivity contribution in [2.24, 2.45) is 11.8 Å². The molecule has 2 fully saturated rings. The van der Waals surface area contributed by atoms with Gasteiger partial charge in [0.1, 0.15) is 11.5 Å². The van der Waals surface area contributed by atoms with Gasteiger partial charge in [0.15, 0.2) is 0 Å². The highest BCUT2D eigenvalue weighted by Crippen LogP contribution is 2.56. The Morgan fingerprint density at radius 3 is 2.88 bits per heavy atom. The molecule has 0 saturated carbocycles. The Kier molecular flexibility index (Phi) is 3.34. The molecule has 2 bridgehead atoms. The molecule has 1 amide bonds. The molecule has 0 aliphatic carbocycles. The van der Waals surface area contributed by atoms with Gasteiger partial charge in [0.05, 0.1) is 28.8 Å². The number of fused-ring (bicyclic) bond motifs is 1. The van der Waals surface area contributed by atoms with Crippen molar-refractivity contribution in [2.45, 2.75) is 24.2 Å². The zero-order chi connectivity index (χ0) is 17.1. The van der Waals surface area contributed by atoms with E-state index in [1.807, 2.05) is 6.08 Å². The molecule has 6 heteroatoms. The number of carboxylic acid groups (broad SMARTS) is 1. The van der Waals surface area contributed by atoms with Gasteiger partial charge < -0.3 is 14.7 Å². The number of carbonyl (C=O) groups excluding carboxylic acids is 1. The SMILES string of the molecule is C=CC[C@@H]1N(c2ccccc2Cl)C(=O)[C@H]2[C@@H](C(=O)O)[C@@H]3C=C[C@@]12O3. The van der Waals surface area contributed by atoms with Crippen LogP contribution in [0.1, 0.15) is 6.42 Å². The molecule has 2 saturated heterocycles. The third kappa shape index (κ3) is 1.79. The monoisotopic (exact) mass is 345 g/mol. The number of aliphatic carboxylic acids is 1. The lowest BCUT2D eigenvalue weighted by atomic mass is 9.74. The van der Waals surface area contributed by atoms with Crippen LogP contribution in [0.15, 0.2) is 49.1 Å². The van der Waals surface area contributed by atoms with E-state index in [0.29, 0.717) is 17.1 Å². The number of hydrogen-bond acceptors (Lipinski definition) is 3. The van der Waals surface area contributed by atoms with E-state index in [2.05, 4.69) is 6.58 Å². The average Bonchev–Trinajstić information content (AvgIpc) is 3.18. The van der Waals surface area contributed by atoms with Gasteiger partial charge in [0.25, 0.3) is 0 Å². The van der Waals surface area contributed by atoms with Crippen LogP contribution in [0.2, 0.25) is 5.02 Å². The fourth-order valence-corrected chi connectivity index (χ4v) is 4.54. The number of benzene rings is 1. The first-order chi connectivity index (χ1) is 11.5. The normalized spacial score (nSPS) is 36.2. The largest absolute Gasteiger partial charge is 0.481 e. The Morgan fingerprint density at radius 1 is 1.46 bits per heavy atom. The van der Waals surface area contributed by atoms with E-state index in [0.717, 1.165) is 0 Å². The van der Waals surface area contributed by atoms with Crippen molar-refractivity contribution in [3.8, 4) is 0 Å². The van der Waals surface area contributed by atoms with Crippen LogP contribution in [-0.2, 0) is 14.3 Å². The first-order valence-corrected chi connectivity index (χ1v) is 8.17. The van der Waals surface area contributed by atoms with Gasteiger partial charge in [0, 0.05) is 0 Å². The summed E-state index contributed by atoms with van der Waals surface area (Å²) >= 11 is 6.29. The Bertz CT molecular complexity index is 776. The van der Waals surface area contributed by atoms with Crippen molar-refractivity contribution in [3.05, 3.63) is 54.1 Å². The van der Waals surface area contributed by atoms with Crippen LogP contribution in [0, 0.1) is 11.8 Å². The predicted octanol–water partition coefficient (Wildman–Crippen LogP) is 2.66. The number of ether oxygens (including phenoxy) is 1. The van der Waals surface area contributed by atoms with E-state index in [1.54, 1.807) is 41.3 Å². The number of halogens is 1. The fourth-order valence-electron chi connectivity index (χ4n) is 4.31. The predicted molar refractivity (Wildman–Crippen MR) is 88.9 cm³/mol. The highest BCUT2D eigenvalue weighted by molar-refractivity contribution is 6.34. The number of rotatable bonds is 4. The number of anilines is 1. The molecular weight excluding hydrogens is 330 g/mol. The number of amides is 1. The maximum Gasteiger partial charge on any atom is 0.310 e. The summed E-state index contributed by atoms with van der Waals surface area (Å²) in [6.07, 6.45) is 5.26. The van der Waals surface area contributed by atoms with Gasteiger partial charge in [-0.1, -0.05) is 42.0 Å². The summed E-state index contributed by atoms with van der Waals surface area (Å²) in [6, 6.07) is 6.70. The maximum absolute atomic E-state index is 13.2. The van der Waals surface area contributed by atoms with Crippen molar-refractivity contribution in [3.63, 3.8) is 0 Å². The standard InChI is InChI=1S/C18H16ClNO4/c1-2-5-13-18-9-8-12(24-18)14(17(22)23)15(18)16(21)20(13)11-7-4-3-6-10(11)19/h2-4,6-9,12-15H,1,5H2,(H,22,23)/t12-,13-,14-,15+,18+/m0/s1. The highest BCUT2D eigenvalue weighted by Gasteiger charge is 2.71. The second kappa shape index (κ2) is 5.19. The van der Waals surface area contributed by atoms with Gasteiger partial charge in [0.2, 0.25) is 5.91 Å². The molecule has 1 aromatic carbocycles. The summed E-state index contributed by atoms with van der Waals surface area (Å²) in [4.78, 5) is 26.5. The van der Waals surface area contributed by atoms with Gasteiger partial charge in [-0.3, -0.25) is 9.59 Å². The lowest BCUT2D eigenvalue weighted by Gasteiger charge is -2.32. The Hall–Kier alpha value is -2.11. The van der Waals surface area contributed by atoms with Gasteiger partial charge in [-0.2, -0.15) is 0 Å². The number of carboxylic acids is 1. The van der Waals surface area contributed by atoms with Crippen molar-refractivity contribution in [1.29, 1.82) is 0 Å². The molecule has 0 aromatic heterocycles. The lowest BCUT2D eigenvalue weighted by molar-refractivity contribution is -0.146. The van der Waals surface area contributed by atoms with Crippen molar-refractivity contribution >= 4 is 29.2 Å². The molecule has 1 spiro atoms. The zero-order valence-electron chi connectivity index (χ0n) is 12.8. The molecule has 0 radical (unpaired) electrons. The van der Waals surface area contributed by atoms with E-state index in [-0.39, 0.29) is 11.9 Å². The Labute approximate surface area is 144 Å². The molecule has 1 aromatic rings. The molecule has 3 heterocycles. The summed E-state index contributed by atoms with van der Waals surface area (Å²) in [5.74, 6) is -2.88. The van der Waals surface area contributed by atoms with Gasteiger partial charge >= 0.3 is 5.97 Å². The first-order valence-electron chi connectivity index (χ1n) is 7.79. The van der Waals surface area contributed by atoms with Crippen LogP contribution in [0.25, 0.3) is 0 Å². The molecule has 124 valence electrons. The molecule has 3 aliphatic heterocycles. The van der Waals surface area contributed by atoms with E-state index in [1.165, 1.54) is 0 Å². The summed E-state index contributed by atoms with van der Waals surface area (Å²) < 4.78 is 6.04. The number of hydrogen-bond donors (Lipinski definition) is 1. The minimum absolute atomic E-state index is 0.255. The molecule has 3 aliphatic rings. The molecule has 1 N–H and O–H groups in total. The van der Waals surface area contributed by atoms with Crippen molar-refractivity contribution in [1.82, 2.24) is 0 Å². The van der Waals surface area contributed by atoms with Crippen LogP contribution < -0.4 is 4.90 Å². The van der Waals surface area contributed by atoms with Gasteiger partial charge in [-0.15, -0.1) is 6.58 Å². The first kappa shape index (κ1) is 15.4.